The SMILES string of the molecule is CC(C)(COC(C)(C)O)CC(=O)N/C=C/C(=O)NCCCCCN1C(=O)C=CC1=O. The van der Waals surface area contributed by atoms with Crippen molar-refractivity contribution in [2.75, 3.05) is 19.7 Å². The zero-order chi connectivity index (χ0) is 22.8. The molecule has 9 nitrogen and oxygen atoms in total. The smallest absolute Gasteiger partial charge is 0.253 e. The molecule has 168 valence electrons. The van der Waals surface area contributed by atoms with Crippen molar-refractivity contribution in [1.82, 2.24) is 15.5 Å². The highest BCUT2D eigenvalue weighted by Crippen LogP contribution is 2.22. The third kappa shape index (κ3) is 10.9. The molecule has 0 fully saturated rings. The molecule has 1 aliphatic heterocycles. The maximum Gasteiger partial charge on any atom is 0.253 e. The summed E-state index contributed by atoms with van der Waals surface area (Å²) < 4.78 is 5.30. The molecule has 0 atom stereocenters. The van der Waals surface area contributed by atoms with Gasteiger partial charge in [0, 0.05) is 43.9 Å². The van der Waals surface area contributed by atoms with Gasteiger partial charge in [-0.3, -0.25) is 24.1 Å². The van der Waals surface area contributed by atoms with Gasteiger partial charge >= 0.3 is 0 Å². The van der Waals surface area contributed by atoms with Crippen LogP contribution in [0.25, 0.3) is 0 Å². The van der Waals surface area contributed by atoms with Gasteiger partial charge in [-0.05, 0) is 38.5 Å². The highest BCUT2D eigenvalue weighted by molar-refractivity contribution is 6.12. The molecule has 4 amide bonds. The number of carbonyl (C=O) groups is 4. The van der Waals surface area contributed by atoms with Crippen LogP contribution in [0.3, 0.4) is 0 Å². The summed E-state index contributed by atoms with van der Waals surface area (Å²) in [5.41, 5.74) is -0.472. The van der Waals surface area contributed by atoms with Crippen LogP contribution in [0.1, 0.15) is 53.4 Å². The second-order valence-corrected chi connectivity index (χ2v) is 8.49. The quantitative estimate of drug-likeness (QED) is 0.176. The van der Waals surface area contributed by atoms with Gasteiger partial charge in [0.05, 0.1) is 6.61 Å². The average molecular weight is 424 g/mol. The lowest BCUT2D eigenvalue weighted by molar-refractivity contribution is -0.192. The monoisotopic (exact) mass is 423 g/mol. The number of ether oxygens (including phenoxy) is 1. The summed E-state index contributed by atoms with van der Waals surface area (Å²) in [5.74, 6) is -2.41. The van der Waals surface area contributed by atoms with Gasteiger partial charge in [-0.1, -0.05) is 13.8 Å². The zero-order valence-corrected chi connectivity index (χ0v) is 18.2. The van der Waals surface area contributed by atoms with Crippen LogP contribution in [-0.4, -0.2) is 59.1 Å². The van der Waals surface area contributed by atoms with Crippen molar-refractivity contribution < 1.29 is 29.0 Å². The largest absolute Gasteiger partial charge is 0.366 e. The van der Waals surface area contributed by atoms with Gasteiger partial charge in [0.15, 0.2) is 5.79 Å². The van der Waals surface area contributed by atoms with E-state index in [-0.39, 0.29) is 36.7 Å². The number of carbonyl (C=O) groups excluding carboxylic acids is 4. The molecule has 1 aliphatic rings. The van der Waals surface area contributed by atoms with E-state index in [0.717, 1.165) is 6.42 Å². The molecule has 0 radical (unpaired) electrons. The second kappa shape index (κ2) is 11.6. The molecular formula is C21H33N3O6. The minimum atomic E-state index is -1.26. The van der Waals surface area contributed by atoms with Crippen LogP contribution in [0.5, 0.6) is 0 Å². The van der Waals surface area contributed by atoms with Crippen LogP contribution in [0.4, 0.5) is 0 Å². The summed E-state index contributed by atoms with van der Waals surface area (Å²) in [6, 6.07) is 0. The molecule has 9 heteroatoms. The van der Waals surface area contributed by atoms with E-state index >= 15 is 0 Å². The van der Waals surface area contributed by atoms with E-state index in [1.54, 1.807) is 0 Å². The van der Waals surface area contributed by atoms with E-state index in [0.29, 0.717) is 25.9 Å². The van der Waals surface area contributed by atoms with Crippen molar-refractivity contribution in [2.45, 2.75) is 59.2 Å². The fraction of sp³-hybridized carbons (Fsp3) is 0.619. The van der Waals surface area contributed by atoms with Crippen molar-refractivity contribution in [1.29, 1.82) is 0 Å². The Kier molecular flexibility index (Phi) is 9.88. The molecule has 30 heavy (non-hydrogen) atoms. The Bertz CT molecular complexity index is 673. The first-order chi connectivity index (χ1) is 13.9. The van der Waals surface area contributed by atoms with Crippen LogP contribution in [0.15, 0.2) is 24.4 Å². The number of imide groups is 1. The van der Waals surface area contributed by atoms with Gasteiger partial charge in [0.2, 0.25) is 11.8 Å². The predicted molar refractivity (Wildman–Crippen MR) is 111 cm³/mol. The zero-order valence-electron chi connectivity index (χ0n) is 18.2. The van der Waals surface area contributed by atoms with E-state index < -0.39 is 11.2 Å². The topological polar surface area (TPSA) is 125 Å². The van der Waals surface area contributed by atoms with E-state index in [1.807, 2.05) is 13.8 Å². The number of hydrogen-bond donors (Lipinski definition) is 3. The lowest BCUT2D eigenvalue weighted by Gasteiger charge is -2.28. The van der Waals surface area contributed by atoms with Crippen LogP contribution >= 0.6 is 0 Å². The normalized spacial score (nSPS) is 14.6. The summed E-state index contributed by atoms with van der Waals surface area (Å²) in [4.78, 5) is 47.7. The Balaban J connectivity index is 2.14. The maximum absolute atomic E-state index is 12.0. The van der Waals surface area contributed by atoms with Crippen LogP contribution in [0, 0.1) is 5.41 Å². The number of rotatable bonds is 13. The number of amides is 4. The molecule has 0 spiro atoms. The summed E-state index contributed by atoms with van der Waals surface area (Å²) >= 11 is 0. The van der Waals surface area contributed by atoms with Crippen molar-refractivity contribution in [3.63, 3.8) is 0 Å². The molecule has 0 saturated heterocycles. The summed E-state index contributed by atoms with van der Waals surface area (Å²) in [6.07, 6.45) is 7.38. The molecule has 0 saturated carbocycles. The highest BCUT2D eigenvalue weighted by atomic mass is 16.6. The highest BCUT2D eigenvalue weighted by Gasteiger charge is 2.25. The lowest BCUT2D eigenvalue weighted by Crippen LogP contribution is -2.33. The van der Waals surface area contributed by atoms with Crippen molar-refractivity contribution in [3.05, 3.63) is 24.4 Å². The Morgan fingerprint density at radius 3 is 2.33 bits per heavy atom. The Labute approximate surface area is 177 Å². The molecule has 0 aromatic rings. The molecule has 0 aliphatic carbocycles. The lowest BCUT2D eigenvalue weighted by atomic mass is 9.90. The van der Waals surface area contributed by atoms with Gasteiger partial charge in [0.25, 0.3) is 11.8 Å². The van der Waals surface area contributed by atoms with Gasteiger partial charge in [-0.15, -0.1) is 0 Å². The fourth-order valence-corrected chi connectivity index (χ4v) is 2.61. The first kappa shape index (κ1) is 25.5. The van der Waals surface area contributed by atoms with Crippen molar-refractivity contribution in [2.24, 2.45) is 5.41 Å². The van der Waals surface area contributed by atoms with Crippen LogP contribution in [-0.2, 0) is 23.9 Å². The first-order valence-electron chi connectivity index (χ1n) is 10.0. The second-order valence-electron chi connectivity index (χ2n) is 8.49. The third-order valence-electron chi connectivity index (χ3n) is 4.19. The molecule has 0 aromatic carbocycles. The standard InChI is InChI=1S/C21H33N3O6/c1-20(2,15-30-21(3,4)29)14-17(26)23-12-10-16(25)22-11-6-5-7-13-24-18(27)8-9-19(24)28/h8-10,12,29H,5-7,11,13-15H2,1-4H3,(H,22,25)(H,23,26)/b12-10+. The van der Waals surface area contributed by atoms with Gasteiger partial charge in [0.1, 0.15) is 0 Å². The summed E-state index contributed by atoms with van der Waals surface area (Å²) in [7, 11) is 0. The molecule has 3 N–H and O–H groups in total. The minimum absolute atomic E-state index is 0.173. The van der Waals surface area contributed by atoms with Gasteiger partial charge < -0.3 is 20.5 Å². The van der Waals surface area contributed by atoms with E-state index in [4.69, 9.17) is 4.74 Å². The third-order valence-corrected chi connectivity index (χ3v) is 4.19. The van der Waals surface area contributed by atoms with Crippen molar-refractivity contribution >= 4 is 23.6 Å². The number of unbranched alkanes of at least 4 members (excludes halogenated alkanes) is 2. The van der Waals surface area contributed by atoms with Crippen LogP contribution in [0.2, 0.25) is 0 Å². The Morgan fingerprint density at radius 2 is 1.73 bits per heavy atom. The number of nitrogens with zero attached hydrogens (tertiary/aromatic N) is 1. The molecule has 1 heterocycles. The predicted octanol–water partition coefficient (Wildman–Crippen LogP) is 0.989. The van der Waals surface area contributed by atoms with E-state index in [2.05, 4.69) is 10.6 Å². The Morgan fingerprint density at radius 1 is 1.10 bits per heavy atom. The Hall–Kier alpha value is -2.52. The molecule has 0 aromatic heterocycles. The average Bonchev–Trinajstić information content (AvgIpc) is 2.94. The molecule has 1 rings (SSSR count). The van der Waals surface area contributed by atoms with Gasteiger partial charge in [-0.25, -0.2) is 0 Å². The van der Waals surface area contributed by atoms with Crippen molar-refractivity contribution in [3.8, 4) is 0 Å². The number of nitrogens with one attached hydrogen (secondary N) is 2. The van der Waals surface area contributed by atoms with E-state index in [1.165, 1.54) is 43.2 Å². The summed E-state index contributed by atoms with van der Waals surface area (Å²) in [5, 5.41) is 14.8. The van der Waals surface area contributed by atoms with Crippen LogP contribution < -0.4 is 10.6 Å². The molecule has 0 unspecified atom stereocenters. The molecular weight excluding hydrogens is 390 g/mol. The van der Waals surface area contributed by atoms with E-state index in [9.17, 15) is 24.3 Å². The number of hydrogen-bond acceptors (Lipinski definition) is 6. The van der Waals surface area contributed by atoms with Gasteiger partial charge in [-0.2, -0.15) is 0 Å². The first-order valence-corrected chi connectivity index (χ1v) is 10.0. The maximum atomic E-state index is 12.0. The number of aliphatic hydroxyl groups is 1. The molecule has 0 bridgehead atoms. The fourth-order valence-electron chi connectivity index (χ4n) is 2.61. The minimum Gasteiger partial charge on any atom is -0.366 e. The summed E-state index contributed by atoms with van der Waals surface area (Å²) in [6.45, 7) is 7.79.